The van der Waals surface area contributed by atoms with Crippen molar-refractivity contribution in [2.24, 2.45) is 0 Å². The molecule has 29 heavy (non-hydrogen) atoms. The van der Waals surface area contributed by atoms with E-state index in [0.29, 0.717) is 36.0 Å². The Morgan fingerprint density at radius 3 is 2.28 bits per heavy atom. The zero-order chi connectivity index (χ0) is 20.8. The average molecular weight is 399 g/mol. The number of nitrogens with one attached hydrogen (secondary N) is 1. The molecule has 0 aromatic heterocycles. The molecule has 0 unspecified atom stereocenters. The third-order valence-electron chi connectivity index (χ3n) is 4.79. The summed E-state index contributed by atoms with van der Waals surface area (Å²) in [4.78, 5) is 16.8. The highest BCUT2D eigenvalue weighted by molar-refractivity contribution is 5.91. The Labute approximate surface area is 172 Å². The summed E-state index contributed by atoms with van der Waals surface area (Å²) in [5.41, 5.74) is 1.74. The van der Waals surface area contributed by atoms with Crippen LogP contribution in [0.1, 0.15) is 13.8 Å². The van der Waals surface area contributed by atoms with Gasteiger partial charge in [-0.05, 0) is 38.1 Å². The molecular weight excluding hydrogens is 370 g/mol. The first-order chi connectivity index (χ1) is 14.0. The second kappa shape index (κ2) is 9.41. The van der Waals surface area contributed by atoms with Gasteiger partial charge in [0.2, 0.25) is 0 Å². The lowest BCUT2D eigenvalue weighted by atomic mass is 10.2. The van der Waals surface area contributed by atoms with Crippen molar-refractivity contribution in [1.82, 2.24) is 4.90 Å². The number of rotatable bonds is 6. The maximum Gasteiger partial charge on any atom is 0.322 e. The van der Waals surface area contributed by atoms with E-state index in [0.717, 1.165) is 18.8 Å². The fourth-order valence-electron chi connectivity index (χ4n) is 3.31. The van der Waals surface area contributed by atoms with Crippen LogP contribution < -0.4 is 24.4 Å². The molecule has 0 aliphatic carbocycles. The summed E-state index contributed by atoms with van der Waals surface area (Å²) in [6, 6.07) is 13.3. The predicted octanol–water partition coefficient (Wildman–Crippen LogP) is 3.85. The first-order valence-electron chi connectivity index (χ1n) is 9.80. The second-order valence-corrected chi connectivity index (χ2v) is 7.11. The molecule has 0 bridgehead atoms. The number of methoxy groups -OCH3 is 2. The van der Waals surface area contributed by atoms with Crippen LogP contribution in [0.15, 0.2) is 42.5 Å². The minimum atomic E-state index is -0.114. The van der Waals surface area contributed by atoms with Crippen molar-refractivity contribution in [1.29, 1.82) is 0 Å². The van der Waals surface area contributed by atoms with Crippen molar-refractivity contribution in [3.8, 4) is 17.2 Å². The largest absolute Gasteiger partial charge is 0.493 e. The van der Waals surface area contributed by atoms with Gasteiger partial charge in [-0.15, -0.1) is 0 Å². The van der Waals surface area contributed by atoms with Gasteiger partial charge in [-0.25, -0.2) is 4.79 Å². The SMILES string of the molecule is COc1ccc(N2CCN(C(=O)Nc3ccccc3OC(C)C)CC2)cc1OC. The van der Waals surface area contributed by atoms with E-state index in [2.05, 4.69) is 10.2 Å². The van der Waals surface area contributed by atoms with Crippen LogP contribution in [0.25, 0.3) is 0 Å². The summed E-state index contributed by atoms with van der Waals surface area (Å²) in [5, 5.41) is 2.98. The standard InChI is InChI=1S/C22H29N3O4/c1-16(2)29-19-8-6-5-7-18(19)23-22(26)25-13-11-24(12-14-25)17-9-10-20(27-3)21(15-17)28-4/h5-10,15-16H,11-14H2,1-4H3,(H,23,26). The van der Waals surface area contributed by atoms with E-state index in [9.17, 15) is 4.79 Å². The van der Waals surface area contributed by atoms with Gasteiger partial charge in [0.05, 0.1) is 26.0 Å². The number of urea groups is 1. The molecule has 1 aliphatic rings. The van der Waals surface area contributed by atoms with E-state index < -0.39 is 0 Å². The van der Waals surface area contributed by atoms with E-state index >= 15 is 0 Å². The number of hydrogen-bond acceptors (Lipinski definition) is 5. The number of para-hydroxylation sites is 2. The second-order valence-electron chi connectivity index (χ2n) is 7.11. The lowest BCUT2D eigenvalue weighted by Crippen LogP contribution is -2.50. The first-order valence-corrected chi connectivity index (χ1v) is 9.80. The van der Waals surface area contributed by atoms with Crippen LogP contribution in [-0.2, 0) is 0 Å². The number of anilines is 2. The van der Waals surface area contributed by atoms with Gasteiger partial charge in [-0.2, -0.15) is 0 Å². The topological polar surface area (TPSA) is 63.3 Å². The molecule has 0 saturated carbocycles. The lowest BCUT2D eigenvalue weighted by Gasteiger charge is -2.36. The van der Waals surface area contributed by atoms with E-state index in [1.54, 1.807) is 14.2 Å². The van der Waals surface area contributed by atoms with E-state index in [-0.39, 0.29) is 12.1 Å². The molecule has 2 amide bonds. The van der Waals surface area contributed by atoms with Crippen LogP contribution in [0.4, 0.5) is 16.2 Å². The van der Waals surface area contributed by atoms with Crippen molar-refractivity contribution in [3.63, 3.8) is 0 Å². The van der Waals surface area contributed by atoms with Gasteiger partial charge in [0.25, 0.3) is 0 Å². The molecule has 156 valence electrons. The number of piperazine rings is 1. The van der Waals surface area contributed by atoms with Gasteiger partial charge < -0.3 is 29.3 Å². The summed E-state index contributed by atoms with van der Waals surface area (Å²) < 4.78 is 16.5. The molecule has 0 atom stereocenters. The Hall–Kier alpha value is -3.09. The average Bonchev–Trinajstić information content (AvgIpc) is 2.74. The summed E-state index contributed by atoms with van der Waals surface area (Å²) >= 11 is 0. The number of benzene rings is 2. The predicted molar refractivity (Wildman–Crippen MR) is 115 cm³/mol. The first kappa shape index (κ1) is 20.6. The van der Waals surface area contributed by atoms with E-state index in [4.69, 9.17) is 14.2 Å². The van der Waals surface area contributed by atoms with E-state index in [1.807, 2.05) is 61.2 Å². The summed E-state index contributed by atoms with van der Waals surface area (Å²) in [6.07, 6.45) is 0.0399. The third kappa shape index (κ3) is 5.04. The molecule has 3 rings (SSSR count). The van der Waals surface area contributed by atoms with Crippen LogP contribution in [0.3, 0.4) is 0 Å². The number of hydrogen-bond donors (Lipinski definition) is 1. The maximum atomic E-state index is 12.7. The molecule has 0 radical (unpaired) electrons. The highest BCUT2D eigenvalue weighted by Crippen LogP contribution is 2.32. The highest BCUT2D eigenvalue weighted by Gasteiger charge is 2.23. The molecule has 7 heteroatoms. The number of carbonyl (C=O) groups is 1. The molecule has 0 spiro atoms. The van der Waals surface area contributed by atoms with Crippen molar-refractivity contribution < 1.29 is 19.0 Å². The van der Waals surface area contributed by atoms with Gasteiger partial charge >= 0.3 is 6.03 Å². The van der Waals surface area contributed by atoms with Gasteiger partial charge in [-0.3, -0.25) is 0 Å². The minimum Gasteiger partial charge on any atom is -0.493 e. The summed E-state index contributed by atoms with van der Waals surface area (Å²) in [6.45, 7) is 6.68. The van der Waals surface area contributed by atoms with Crippen molar-refractivity contribution >= 4 is 17.4 Å². The minimum absolute atomic E-state index is 0.0399. The molecule has 2 aromatic carbocycles. The van der Waals surface area contributed by atoms with Crippen LogP contribution in [0.5, 0.6) is 17.2 Å². The number of nitrogens with zero attached hydrogens (tertiary/aromatic N) is 2. The summed E-state index contributed by atoms with van der Waals surface area (Å²) in [5.74, 6) is 2.09. The molecule has 7 nitrogen and oxygen atoms in total. The van der Waals surface area contributed by atoms with Gasteiger partial charge in [-0.1, -0.05) is 12.1 Å². The monoisotopic (exact) mass is 399 g/mol. The third-order valence-corrected chi connectivity index (χ3v) is 4.79. The van der Waals surface area contributed by atoms with Crippen LogP contribution in [-0.4, -0.2) is 57.4 Å². The quantitative estimate of drug-likeness (QED) is 0.800. The number of carbonyl (C=O) groups excluding carboxylic acids is 1. The zero-order valence-corrected chi connectivity index (χ0v) is 17.5. The summed E-state index contributed by atoms with van der Waals surface area (Å²) in [7, 11) is 3.25. The maximum absolute atomic E-state index is 12.7. The van der Waals surface area contributed by atoms with Gasteiger partial charge in [0.15, 0.2) is 11.5 Å². The Kier molecular flexibility index (Phi) is 6.69. The van der Waals surface area contributed by atoms with Crippen molar-refractivity contribution in [3.05, 3.63) is 42.5 Å². The van der Waals surface area contributed by atoms with Gasteiger partial charge in [0.1, 0.15) is 5.75 Å². The molecular formula is C22H29N3O4. The Bertz CT molecular complexity index is 833. The van der Waals surface area contributed by atoms with Crippen LogP contribution in [0, 0.1) is 0 Å². The van der Waals surface area contributed by atoms with Crippen molar-refractivity contribution in [2.75, 3.05) is 50.6 Å². The Morgan fingerprint density at radius 2 is 1.62 bits per heavy atom. The molecule has 1 N–H and O–H groups in total. The van der Waals surface area contributed by atoms with Crippen molar-refractivity contribution in [2.45, 2.75) is 20.0 Å². The molecule has 1 saturated heterocycles. The fraction of sp³-hybridized carbons (Fsp3) is 0.409. The molecule has 2 aromatic rings. The number of amides is 2. The molecule has 1 fully saturated rings. The molecule has 1 heterocycles. The normalized spacial score (nSPS) is 14.0. The smallest absolute Gasteiger partial charge is 0.322 e. The fourth-order valence-corrected chi connectivity index (χ4v) is 3.31. The van der Waals surface area contributed by atoms with Crippen LogP contribution in [0.2, 0.25) is 0 Å². The Morgan fingerprint density at radius 1 is 0.931 bits per heavy atom. The number of ether oxygens (including phenoxy) is 3. The van der Waals surface area contributed by atoms with Crippen LogP contribution >= 0.6 is 0 Å². The highest BCUT2D eigenvalue weighted by atomic mass is 16.5. The Balaban J connectivity index is 1.60. The van der Waals surface area contributed by atoms with E-state index in [1.165, 1.54) is 0 Å². The molecule has 1 aliphatic heterocycles. The van der Waals surface area contributed by atoms with Gasteiger partial charge in [0, 0.05) is 37.9 Å². The lowest BCUT2D eigenvalue weighted by molar-refractivity contribution is 0.207. The zero-order valence-electron chi connectivity index (χ0n) is 17.5.